The van der Waals surface area contributed by atoms with Crippen molar-refractivity contribution in [2.45, 2.75) is 18.6 Å². The van der Waals surface area contributed by atoms with Crippen molar-refractivity contribution in [3.8, 4) is 23.1 Å². The second-order valence-corrected chi connectivity index (χ2v) is 10.3. The van der Waals surface area contributed by atoms with Crippen LogP contribution in [0.1, 0.15) is 33.1 Å². The Balaban J connectivity index is 1.12. The molecule has 0 unspecified atom stereocenters. The number of benzene rings is 3. The molecule has 2 atom stereocenters. The molecule has 0 saturated carbocycles. The predicted molar refractivity (Wildman–Crippen MR) is 167 cm³/mol. The molecule has 8 heteroatoms. The lowest BCUT2D eigenvalue weighted by Gasteiger charge is -2.33. The van der Waals surface area contributed by atoms with Gasteiger partial charge < -0.3 is 20.7 Å². The second-order valence-electron chi connectivity index (χ2n) is 10.3. The third-order valence-corrected chi connectivity index (χ3v) is 7.40. The van der Waals surface area contributed by atoms with Gasteiger partial charge in [-0.15, -0.1) is 0 Å². The standard InChI is InChI=1S/C35H30N6O2/c36-20-25-10-8-24(9-11-25)16-18-38-33(27-5-2-1-3-6-27)32-23-39-31-19-29(21-40-35(31)43-32)26-12-14-28(15-13-26)34(42)41-30-7-4-17-37-22-30/h1-15,17,19,21-22,32-33,38-39H,16,18,23H2,(H,41,42)/t32-,33+/m0/s1. The Hall–Kier alpha value is -5.52. The van der Waals surface area contributed by atoms with Gasteiger partial charge in [0.05, 0.1) is 41.8 Å². The zero-order valence-electron chi connectivity index (χ0n) is 23.4. The van der Waals surface area contributed by atoms with Crippen LogP contribution in [0.3, 0.4) is 0 Å². The van der Waals surface area contributed by atoms with E-state index in [1.807, 2.05) is 60.7 Å². The van der Waals surface area contributed by atoms with E-state index in [0.29, 0.717) is 29.2 Å². The summed E-state index contributed by atoms with van der Waals surface area (Å²) >= 11 is 0. The maximum absolute atomic E-state index is 12.6. The SMILES string of the molecule is N#Cc1ccc(CCN[C@H](c2ccccc2)[C@@H]2CNc3cc(-c4ccc(C(=O)Nc5cccnc5)cc4)cnc3O2)cc1. The molecule has 0 saturated heterocycles. The molecule has 1 aliphatic heterocycles. The average Bonchev–Trinajstić information content (AvgIpc) is 3.07. The molecule has 2 aromatic heterocycles. The molecule has 212 valence electrons. The van der Waals surface area contributed by atoms with Crippen molar-refractivity contribution in [2.24, 2.45) is 0 Å². The van der Waals surface area contributed by atoms with Gasteiger partial charge in [-0.2, -0.15) is 5.26 Å². The molecule has 0 fully saturated rings. The van der Waals surface area contributed by atoms with E-state index in [9.17, 15) is 4.79 Å². The molecule has 0 aliphatic carbocycles. The first-order valence-corrected chi connectivity index (χ1v) is 14.2. The minimum Gasteiger partial charge on any atom is -0.469 e. The number of pyridine rings is 2. The lowest BCUT2D eigenvalue weighted by molar-refractivity contribution is 0.102. The van der Waals surface area contributed by atoms with E-state index in [0.717, 1.165) is 35.3 Å². The van der Waals surface area contributed by atoms with Crippen LogP contribution < -0.4 is 20.7 Å². The number of nitrogens with one attached hydrogen (secondary N) is 3. The number of hydrogen-bond acceptors (Lipinski definition) is 7. The van der Waals surface area contributed by atoms with E-state index in [1.54, 1.807) is 42.9 Å². The number of rotatable bonds is 9. The summed E-state index contributed by atoms with van der Waals surface area (Å²) in [5, 5.41) is 19.1. The molecule has 5 aromatic rings. The molecule has 43 heavy (non-hydrogen) atoms. The summed E-state index contributed by atoms with van der Waals surface area (Å²) in [5.41, 5.74) is 6.88. The van der Waals surface area contributed by atoms with Crippen molar-refractivity contribution in [3.05, 3.63) is 138 Å². The first-order valence-electron chi connectivity index (χ1n) is 14.2. The number of ether oxygens (including phenoxy) is 1. The molecule has 1 aliphatic rings. The number of nitrogens with zero attached hydrogens (tertiary/aromatic N) is 3. The van der Waals surface area contributed by atoms with Gasteiger partial charge in [0.15, 0.2) is 0 Å². The van der Waals surface area contributed by atoms with Crippen LogP contribution in [-0.2, 0) is 6.42 Å². The molecule has 0 radical (unpaired) electrons. The zero-order chi connectivity index (χ0) is 29.4. The molecular formula is C35H30N6O2. The number of nitriles is 1. The summed E-state index contributed by atoms with van der Waals surface area (Å²) < 4.78 is 6.45. The zero-order valence-corrected chi connectivity index (χ0v) is 23.4. The van der Waals surface area contributed by atoms with Gasteiger partial charge in [-0.3, -0.25) is 9.78 Å². The van der Waals surface area contributed by atoms with Gasteiger partial charge in [0, 0.05) is 23.5 Å². The summed E-state index contributed by atoms with van der Waals surface area (Å²) in [4.78, 5) is 21.3. The van der Waals surface area contributed by atoms with E-state index in [2.05, 4.69) is 44.1 Å². The Morgan fingerprint density at radius 2 is 1.79 bits per heavy atom. The van der Waals surface area contributed by atoms with Crippen molar-refractivity contribution in [3.63, 3.8) is 0 Å². The van der Waals surface area contributed by atoms with Crippen LogP contribution in [0.25, 0.3) is 11.1 Å². The number of fused-ring (bicyclic) bond motifs is 1. The number of carbonyl (C=O) groups is 1. The fraction of sp³-hybridized carbons (Fsp3) is 0.143. The first kappa shape index (κ1) is 27.6. The monoisotopic (exact) mass is 566 g/mol. The normalized spacial score (nSPS) is 14.3. The summed E-state index contributed by atoms with van der Waals surface area (Å²) in [6, 6.07) is 33.1. The number of hydrogen-bond donors (Lipinski definition) is 3. The number of carbonyl (C=O) groups excluding carboxylic acids is 1. The van der Waals surface area contributed by atoms with E-state index in [1.165, 1.54) is 5.56 Å². The van der Waals surface area contributed by atoms with Crippen molar-refractivity contribution >= 4 is 17.3 Å². The minimum atomic E-state index is -0.192. The van der Waals surface area contributed by atoms with Gasteiger partial charge in [0.1, 0.15) is 6.10 Å². The molecule has 3 aromatic carbocycles. The highest BCUT2D eigenvalue weighted by atomic mass is 16.5. The third-order valence-electron chi connectivity index (χ3n) is 7.40. The van der Waals surface area contributed by atoms with E-state index in [4.69, 9.17) is 10.00 Å². The summed E-state index contributed by atoms with van der Waals surface area (Å²) in [6.45, 7) is 1.36. The maximum atomic E-state index is 12.6. The Kier molecular flexibility index (Phi) is 8.34. The second kappa shape index (κ2) is 13.0. The van der Waals surface area contributed by atoms with Crippen molar-refractivity contribution < 1.29 is 9.53 Å². The van der Waals surface area contributed by atoms with Crippen LogP contribution in [0.4, 0.5) is 11.4 Å². The van der Waals surface area contributed by atoms with Crippen LogP contribution in [0.15, 0.2) is 116 Å². The van der Waals surface area contributed by atoms with E-state index in [-0.39, 0.29) is 18.1 Å². The van der Waals surface area contributed by atoms with Gasteiger partial charge >= 0.3 is 0 Å². The summed E-state index contributed by atoms with van der Waals surface area (Å²) in [5.74, 6) is 0.366. The van der Waals surface area contributed by atoms with Crippen LogP contribution in [0.2, 0.25) is 0 Å². The highest BCUT2D eigenvalue weighted by Gasteiger charge is 2.29. The molecular weight excluding hydrogens is 536 g/mol. The number of aromatic nitrogens is 2. The molecule has 0 spiro atoms. The van der Waals surface area contributed by atoms with Gasteiger partial charge in [-0.1, -0.05) is 54.6 Å². The molecule has 1 amide bonds. The number of anilines is 2. The molecule has 0 bridgehead atoms. The predicted octanol–water partition coefficient (Wildman–Crippen LogP) is 6.01. The van der Waals surface area contributed by atoms with Gasteiger partial charge in [0.25, 0.3) is 5.91 Å². The first-order chi connectivity index (χ1) is 21.2. The highest BCUT2D eigenvalue weighted by Crippen LogP contribution is 2.34. The van der Waals surface area contributed by atoms with E-state index >= 15 is 0 Å². The van der Waals surface area contributed by atoms with Crippen LogP contribution in [-0.4, -0.2) is 35.1 Å². The molecule has 3 heterocycles. The summed E-state index contributed by atoms with van der Waals surface area (Å²) in [6.07, 6.45) is 5.73. The van der Waals surface area contributed by atoms with Gasteiger partial charge in [0.2, 0.25) is 5.88 Å². The van der Waals surface area contributed by atoms with E-state index < -0.39 is 0 Å². The van der Waals surface area contributed by atoms with Gasteiger partial charge in [-0.25, -0.2) is 4.98 Å². The summed E-state index contributed by atoms with van der Waals surface area (Å²) in [7, 11) is 0. The Morgan fingerprint density at radius 1 is 0.977 bits per heavy atom. The Morgan fingerprint density at radius 3 is 2.53 bits per heavy atom. The number of amides is 1. The van der Waals surface area contributed by atoms with Crippen LogP contribution in [0.5, 0.6) is 5.88 Å². The minimum absolute atomic E-state index is 0.0490. The Bertz CT molecular complexity index is 1720. The van der Waals surface area contributed by atoms with Crippen LogP contribution >= 0.6 is 0 Å². The molecule has 6 rings (SSSR count). The third kappa shape index (κ3) is 6.70. The lowest BCUT2D eigenvalue weighted by Crippen LogP contribution is -2.43. The quantitative estimate of drug-likeness (QED) is 0.200. The topological polar surface area (TPSA) is 112 Å². The van der Waals surface area contributed by atoms with Crippen molar-refractivity contribution in [1.82, 2.24) is 15.3 Å². The maximum Gasteiger partial charge on any atom is 0.255 e. The van der Waals surface area contributed by atoms with Crippen LogP contribution in [0, 0.1) is 11.3 Å². The smallest absolute Gasteiger partial charge is 0.255 e. The highest BCUT2D eigenvalue weighted by molar-refractivity contribution is 6.04. The fourth-order valence-corrected chi connectivity index (χ4v) is 5.11. The lowest BCUT2D eigenvalue weighted by atomic mass is 9.99. The molecule has 3 N–H and O–H groups in total. The van der Waals surface area contributed by atoms with Crippen molar-refractivity contribution in [1.29, 1.82) is 5.26 Å². The van der Waals surface area contributed by atoms with Gasteiger partial charge in [-0.05, 0) is 72.1 Å². The molecule has 8 nitrogen and oxygen atoms in total. The Labute approximate surface area is 250 Å². The largest absolute Gasteiger partial charge is 0.469 e. The van der Waals surface area contributed by atoms with Crippen molar-refractivity contribution in [2.75, 3.05) is 23.7 Å². The fourth-order valence-electron chi connectivity index (χ4n) is 5.11. The average molecular weight is 567 g/mol.